The molecule has 1 aliphatic heterocycles. The van der Waals surface area contributed by atoms with Gasteiger partial charge in [0.25, 0.3) is 0 Å². The first kappa shape index (κ1) is 39.2. The molecule has 13 heteroatoms. The average molecular weight is 680 g/mol. The molecule has 0 aromatic heterocycles. The van der Waals surface area contributed by atoms with Crippen molar-refractivity contribution in [2.75, 3.05) is 26.8 Å². The van der Waals surface area contributed by atoms with Crippen LogP contribution in [-0.2, 0) is 43.0 Å². The number of esters is 3. The minimum absolute atomic E-state index is 0.0204. The summed E-state index contributed by atoms with van der Waals surface area (Å²) in [5.74, 6) is -5.93. The molecule has 48 heavy (non-hydrogen) atoms. The maximum atomic E-state index is 14.1. The number of nitrogens with one attached hydrogen (secondary N) is 2. The molecule has 13 nitrogen and oxygen atoms in total. The van der Waals surface area contributed by atoms with Gasteiger partial charge < -0.3 is 35.7 Å². The summed E-state index contributed by atoms with van der Waals surface area (Å²) in [7, 11) is 1.71. The number of hydrogen-bond acceptors (Lipinski definition) is 10. The highest BCUT2D eigenvalue weighted by Gasteiger charge is 2.54. The van der Waals surface area contributed by atoms with Crippen LogP contribution in [0.1, 0.15) is 93.4 Å². The van der Waals surface area contributed by atoms with Crippen molar-refractivity contribution >= 4 is 35.7 Å². The van der Waals surface area contributed by atoms with Gasteiger partial charge in [-0.15, -0.1) is 0 Å². The second kappa shape index (κ2) is 15.6. The molecule has 2 amide bonds. The van der Waals surface area contributed by atoms with Gasteiger partial charge >= 0.3 is 23.9 Å². The SMILES string of the molecule is CNCCOC(=O)C(CC(C)(C)C(=O)NC(C)(C)C)CC(C)(CC(CC1C(C)C2CC(C(=O)O)C1C2)C(N)=O)C(=O)OC1CCOC1=O. The molecule has 5 N–H and O–H groups in total. The van der Waals surface area contributed by atoms with Crippen LogP contribution in [0.4, 0.5) is 0 Å². The Labute approximate surface area is 284 Å². The number of carbonyl (C=O) groups excluding carboxylic acids is 5. The molecule has 0 spiro atoms. The third-order valence-electron chi connectivity index (χ3n) is 10.7. The van der Waals surface area contributed by atoms with Crippen molar-refractivity contribution in [3.8, 4) is 0 Å². The van der Waals surface area contributed by atoms with E-state index in [9.17, 15) is 33.9 Å². The van der Waals surface area contributed by atoms with Crippen LogP contribution < -0.4 is 16.4 Å². The zero-order valence-electron chi connectivity index (χ0n) is 29.9. The van der Waals surface area contributed by atoms with Crippen molar-refractivity contribution in [1.29, 1.82) is 0 Å². The number of fused-ring (bicyclic) bond motifs is 2. The molecule has 3 rings (SSSR count). The van der Waals surface area contributed by atoms with Gasteiger partial charge in [0.15, 0.2) is 0 Å². The number of primary amides is 1. The monoisotopic (exact) mass is 679 g/mol. The highest BCUT2D eigenvalue weighted by molar-refractivity contribution is 5.86. The molecule has 2 aliphatic carbocycles. The number of amides is 2. The highest BCUT2D eigenvalue weighted by Crippen LogP contribution is 2.57. The highest BCUT2D eigenvalue weighted by atomic mass is 16.6. The third-order valence-corrected chi connectivity index (χ3v) is 10.7. The van der Waals surface area contributed by atoms with Crippen molar-refractivity contribution in [1.82, 2.24) is 10.6 Å². The molecular weight excluding hydrogens is 622 g/mol. The zero-order chi connectivity index (χ0) is 36.2. The number of carboxylic acid groups (broad SMARTS) is 1. The normalized spacial score (nSPS) is 27.8. The fourth-order valence-corrected chi connectivity index (χ4v) is 8.08. The van der Waals surface area contributed by atoms with E-state index in [1.165, 1.54) is 0 Å². The summed E-state index contributed by atoms with van der Waals surface area (Å²) in [5.41, 5.74) is 2.88. The molecule has 0 aromatic rings. The number of rotatable bonds is 17. The van der Waals surface area contributed by atoms with Gasteiger partial charge in [-0.05, 0) is 96.9 Å². The molecule has 1 saturated heterocycles. The maximum Gasteiger partial charge on any atom is 0.347 e. The van der Waals surface area contributed by atoms with Gasteiger partial charge in [0.1, 0.15) is 6.61 Å². The van der Waals surface area contributed by atoms with Gasteiger partial charge in [-0.2, -0.15) is 0 Å². The largest absolute Gasteiger partial charge is 0.481 e. The topological polar surface area (TPSA) is 200 Å². The summed E-state index contributed by atoms with van der Waals surface area (Å²) in [6.45, 7) is 13.2. The van der Waals surface area contributed by atoms with E-state index < -0.39 is 70.0 Å². The Balaban J connectivity index is 1.97. The number of likely N-dealkylation sites (N-methyl/N-ethyl adjacent to an activating group) is 1. The van der Waals surface area contributed by atoms with Crippen molar-refractivity contribution in [2.24, 2.45) is 58.0 Å². The van der Waals surface area contributed by atoms with Crippen LogP contribution in [0.15, 0.2) is 0 Å². The fraction of sp³-hybridized carbons (Fsp3) is 0.829. The summed E-state index contributed by atoms with van der Waals surface area (Å²) in [5, 5.41) is 15.7. The molecular formula is C35H57N3O10. The van der Waals surface area contributed by atoms with E-state index in [1.54, 1.807) is 27.8 Å². The van der Waals surface area contributed by atoms with Crippen LogP contribution in [-0.4, -0.2) is 79.2 Å². The van der Waals surface area contributed by atoms with Crippen LogP contribution >= 0.6 is 0 Å². The Bertz CT molecular complexity index is 1230. The van der Waals surface area contributed by atoms with Gasteiger partial charge in [0.2, 0.25) is 17.9 Å². The van der Waals surface area contributed by atoms with Gasteiger partial charge in [-0.3, -0.25) is 24.0 Å². The number of cyclic esters (lactones) is 1. The Morgan fingerprint density at radius 2 is 1.67 bits per heavy atom. The van der Waals surface area contributed by atoms with Crippen LogP contribution in [0, 0.1) is 52.3 Å². The van der Waals surface area contributed by atoms with E-state index in [1.807, 2.05) is 20.8 Å². The van der Waals surface area contributed by atoms with Gasteiger partial charge in [0.05, 0.1) is 23.9 Å². The first-order valence-corrected chi connectivity index (χ1v) is 17.2. The van der Waals surface area contributed by atoms with Crippen molar-refractivity contribution in [3.05, 3.63) is 0 Å². The lowest BCUT2D eigenvalue weighted by molar-refractivity contribution is -0.171. The Hall–Kier alpha value is -3.22. The first-order chi connectivity index (χ1) is 22.2. The molecule has 1 heterocycles. The number of nitrogens with two attached hydrogens (primary N) is 1. The molecule has 2 saturated carbocycles. The molecule has 3 aliphatic rings. The lowest BCUT2D eigenvalue weighted by atomic mass is 9.66. The number of ether oxygens (including phenoxy) is 3. The number of hydrogen-bond donors (Lipinski definition) is 4. The van der Waals surface area contributed by atoms with Crippen LogP contribution in [0.25, 0.3) is 0 Å². The fourth-order valence-electron chi connectivity index (χ4n) is 8.08. The van der Waals surface area contributed by atoms with Crippen LogP contribution in [0.3, 0.4) is 0 Å². The molecule has 272 valence electrons. The predicted molar refractivity (Wildman–Crippen MR) is 175 cm³/mol. The predicted octanol–water partition coefficient (Wildman–Crippen LogP) is 2.83. The lowest BCUT2D eigenvalue weighted by Crippen LogP contribution is -2.48. The van der Waals surface area contributed by atoms with Crippen molar-refractivity contribution in [2.45, 2.75) is 105 Å². The maximum absolute atomic E-state index is 14.1. The van der Waals surface area contributed by atoms with E-state index in [-0.39, 0.29) is 74.9 Å². The van der Waals surface area contributed by atoms with Crippen LogP contribution in [0.5, 0.6) is 0 Å². The molecule has 0 radical (unpaired) electrons. The Morgan fingerprint density at radius 3 is 2.19 bits per heavy atom. The van der Waals surface area contributed by atoms with E-state index in [0.717, 1.165) is 6.42 Å². The number of aliphatic carboxylic acids is 1. The third kappa shape index (κ3) is 9.69. The molecule has 3 fully saturated rings. The van der Waals surface area contributed by atoms with Crippen LogP contribution in [0.2, 0.25) is 0 Å². The average Bonchev–Trinajstić information content (AvgIpc) is 3.67. The standard InChI is InChI=1S/C35H57N3O10/c1-19-20-13-24(25(14-20)28(40)41)23(19)15-21(27(36)39)17-35(7,32(45)48-26-9-11-46-30(26)43)18-22(29(42)47-12-10-37-8)16-34(5,6)31(44)38-33(2,3)4/h19-26,37H,9-18H2,1-8H3,(H2,36,39)(H,38,44)(H,40,41). The van der Waals surface area contributed by atoms with E-state index in [4.69, 9.17) is 19.9 Å². The molecule has 9 atom stereocenters. The van der Waals surface area contributed by atoms with Crippen molar-refractivity contribution in [3.63, 3.8) is 0 Å². The van der Waals surface area contributed by atoms with Crippen molar-refractivity contribution < 1.29 is 48.1 Å². The van der Waals surface area contributed by atoms with Gasteiger partial charge in [0, 0.05) is 29.8 Å². The lowest BCUT2D eigenvalue weighted by Gasteiger charge is -2.38. The quantitative estimate of drug-likeness (QED) is 0.100. The Morgan fingerprint density at radius 1 is 1.02 bits per heavy atom. The summed E-state index contributed by atoms with van der Waals surface area (Å²) in [4.78, 5) is 78.6. The summed E-state index contributed by atoms with van der Waals surface area (Å²) in [6, 6.07) is 0. The van der Waals surface area contributed by atoms with E-state index >= 15 is 0 Å². The molecule has 2 bridgehead atoms. The van der Waals surface area contributed by atoms with E-state index in [0.29, 0.717) is 13.0 Å². The minimum atomic E-state index is -1.51. The number of carboxylic acids is 1. The first-order valence-electron chi connectivity index (χ1n) is 17.2. The minimum Gasteiger partial charge on any atom is -0.481 e. The second-order valence-corrected chi connectivity index (χ2v) is 16.3. The Kier molecular flexibility index (Phi) is 12.7. The smallest absolute Gasteiger partial charge is 0.347 e. The number of carbonyl (C=O) groups is 6. The van der Waals surface area contributed by atoms with Gasteiger partial charge in [-0.25, -0.2) is 4.79 Å². The second-order valence-electron chi connectivity index (χ2n) is 16.3. The molecule has 0 aromatic carbocycles. The summed E-state index contributed by atoms with van der Waals surface area (Å²) in [6.07, 6.45) is 0.483. The van der Waals surface area contributed by atoms with E-state index in [2.05, 4.69) is 17.6 Å². The van der Waals surface area contributed by atoms with Gasteiger partial charge in [-0.1, -0.05) is 20.8 Å². The zero-order valence-corrected chi connectivity index (χ0v) is 29.9. The summed E-state index contributed by atoms with van der Waals surface area (Å²) < 4.78 is 16.3. The summed E-state index contributed by atoms with van der Waals surface area (Å²) >= 11 is 0. The molecule has 9 unspecified atom stereocenters.